The van der Waals surface area contributed by atoms with E-state index in [2.05, 4.69) is 22.6 Å². The molecule has 6 N–H and O–H groups in total. The number of aromatic amines is 1. The zero-order valence-electron chi connectivity index (χ0n) is 16.3. The number of pyridine rings is 1. The molecule has 1 atom stereocenters. The Bertz CT molecular complexity index is 588. The van der Waals surface area contributed by atoms with E-state index >= 15 is 0 Å². The van der Waals surface area contributed by atoms with Gasteiger partial charge in [-0.1, -0.05) is 41.2 Å². The number of aliphatic hydroxyl groups excluding tert-OH is 1. The third-order valence-electron chi connectivity index (χ3n) is 2.71. The van der Waals surface area contributed by atoms with E-state index in [1.54, 1.807) is 6.92 Å². The maximum atomic E-state index is 11.8. The molecule has 0 aromatic carbocycles. The molecule has 0 bridgehead atoms. The molecule has 0 fully saturated rings. The summed E-state index contributed by atoms with van der Waals surface area (Å²) >= 11 is 0. The largest absolute Gasteiger partial charge is 0.512 e. The van der Waals surface area contributed by atoms with Crippen LogP contribution in [0.1, 0.15) is 53.0 Å². The van der Waals surface area contributed by atoms with E-state index in [0.717, 1.165) is 0 Å². The quantitative estimate of drug-likeness (QED) is 0.419. The maximum absolute atomic E-state index is 11.8. The van der Waals surface area contributed by atoms with Crippen molar-refractivity contribution in [3.05, 3.63) is 52.3 Å². The second-order valence-electron chi connectivity index (χ2n) is 4.00. The SMILES string of the molecule is C=CNC(=O)/C(=C(\C)O)C(C)c1c(O)cc[nH]c1=O.CC.CC.CN. The first-order chi connectivity index (χ1) is 11.9. The lowest BCUT2D eigenvalue weighted by Gasteiger charge is -2.16. The van der Waals surface area contributed by atoms with Crippen molar-refractivity contribution in [3.8, 4) is 5.75 Å². The number of hydrogen-bond acceptors (Lipinski definition) is 5. The van der Waals surface area contributed by atoms with Gasteiger partial charge in [-0.2, -0.15) is 0 Å². The van der Waals surface area contributed by atoms with Crippen molar-refractivity contribution in [1.82, 2.24) is 10.3 Å². The van der Waals surface area contributed by atoms with Crippen LogP contribution in [0, 0.1) is 0 Å². The molecule has 0 spiro atoms. The van der Waals surface area contributed by atoms with Crippen molar-refractivity contribution >= 4 is 5.91 Å². The van der Waals surface area contributed by atoms with Crippen LogP contribution in [-0.2, 0) is 4.79 Å². The number of amides is 1. The summed E-state index contributed by atoms with van der Waals surface area (Å²) < 4.78 is 0. The molecule has 25 heavy (non-hydrogen) atoms. The average molecular weight is 355 g/mol. The zero-order chi connectivity index (χ0) is 20.6. The standard InChI is InChI=1S/C13H16N2O4.2C2H6.CH5N/c1-4-14-12(18)10(8(3)16)7(2)11-9(17)5-6-15-13(11)19;3*1-2/h4-7,16H,1H2,2-3H3,(H,14,18)(H2,15,17,19);2*1-2H3;2H2,1H3/b10-8+;;;. The number of carbonyl (C=O) groups excluding carboxylic acids is 1. The van der Waals surface area contributed by atoms with E-state index in [1.165, 1.54) is 32.4 Å². The highest BCUT2D eigenvalue weighted by Gasteiger charge is 2.25. The monoisotopic (exact) mass is 355 g/mol. The number of nitrogens with two attached hydrogens (primary N) is 1. The lowest BCUT2D eigenvalue weighted by atomic mass is 9.91. The third-order valence-corrected chi connectivity index (χ3v) is 2.71. The molecule has 1 unspecified atom stereocenters. The molecule has 144 valence electrons. The van der Waals surface area contributed by atoms with E-state index in [0.29, 0.717) is 0 Å². The van der Waals surface area contributed by atoms with Crippen molar-refractivity contribution in [2.75, 3.05) is 7.05 Å². The molecule has 7 heteroatoms. The summed E-state index contributed by atoms with van der Waals surface area (Å²) in [6.45, 7) is 14.2. The first kappa shape index (κ1) is 27.3. The fraction of sp³-hybridized carbons (Fsp3) is 0.444. The van der Waals surface area contributed by atoms with Crippen LogP contribution in [0.4, 0.5) is 0 Å². The number of aromatic nitrogens is 1. The number of aliphatic hydroxyl groups is 1. The molecule has 1 aromatic heterocycles. The van der Waals surface area contributed by atoms with Gasteiger partial charge in [-0.05, 0) is 26.2 Å². The molecule has 0 radical (unpaired) electrons. The van der Waals surface area contributed by atoms with Crippen molar-refractivity contribution < 1.29 is 15.0 Å². The topological polar surface area (TPSA) is 128 Å². The Labute approximate surface area is 150 Å². The van der Waals surface area contributed by atoms with Gasteiger partial charge in [-0.3, -0.25) is 9.59 Å². The van der Waals surface area contributed by atoms with E-state index in [-0.39, 0.29) is 22.6 Å². The van der Waals surface area contributed by atoms with E-state index in [1.807, 2.05) is 27.7 Å². The molecular weight excluding hydrogens is 322 g/mol. The van der Waals surface area contributed by atoms with Crippen LogP contribution in [0.3, 0.4) is 0 Å². The minimum atomic E-state index is -0.769. The lowest BCUT2D eigenvalue weighted by Crippen LogP contribution is -2.26. The number of nitrogens with one attached hydrogen (secondary N) is 2. The van der Waals surface area contributed by atoms with Crippen molar-refractivity contribution in [3.63, 3.8) is 0 Å². The van der Waals surface area contributed by atoms with E-state index in [4.69, 9.17) is 0 Å². The second-order valence-corrected chi connectivity index (χ2v) is 4.00. The maximum Gasteiger partial charge on any atom is 0.255 e. The Hall–Kier alpha value is -2.54. The second kappa shape index (κ2) is 16.3. The minimum Gasteiger partial charge on any atom is -0.512 e. The van der Waals surface area contributed by atoms with Gasteiger partial charge in [0, 0.05) is 12.1 Å². The van der Waals surface area contributed by atoms with Gasteiger partial charge in [0.2, 0.25) is 0 Å². The van der Waals surface area contributed by atoms with Crippen LogP contribution in [0.5, 0.6) is 5.75 Å². The van der Waals surface area contributed by atoms with Crippen LogP contribution >= 0.6 is 0 Å². The molecule has 0 saturated heterocycles. The van der Waals surface area contributed by atoms with Crippen LogP contribution in [0.2, 0.25) is 0 Å². The Kier molecular flexibility index (Phi) is 17.8. The number of rotatable bonds is 4. The molecule has 7 nitrogen and oxygen atoms in total. The first-order valence-corrected chi connectivity index (χ1v) is 8.20. The first-order valence-electron chi connectivity index (χ1n) is 8.20. The fourth-order valence-corrected chi connectivity index (χ4v) is 1.89. The lowest BCUT2D eigenvalue weighted by molar-refractivity contribution is -0.117. The van der Waals surface area contributed by atoms with Crippen molar-refractivity contribution in [2.45, 2.75) is 47.5 Å². The highest BCUT2D eigenvalue weighted by Crippen LogP contribution is 2.29. The molecule has 0 aliphatic rings. The highest BCUT2D eigenvalue weighted by molar-refractivity contribution is 5.96. The Morgan fingerprint density at radius 1 is 1.32 bits per heavy atom. The number of carbonyl (C=O) groups is 1. The van der Waals surface area contributed by atoms with Crippen LogP contribution in [0.15, 0.2) is 41.2 Å². The fourth-order valence-electron chi connectivity index (χ4n) is 1.89. The highest BCUT2D eigenvalue weighted by atomic mass is 16.3. The summed E-state index contributed by atoms with van der Waals surface area (Å²) in [4.78, 5) is 26.0. The number of hydrogen-bond donors (Lipinski definition) is 5. The van der Waals surface area contributed by atoms with Crippen LogP contribution in [0.25, 0.3) is 0 Å². The predicted octanol–water partition coefficient (Wildman–Crippen LogP) is 2.90. The summed E-state index contributed by atoms with van der Waals surface area (Å²) in [5, 5.41) is 21.7. The van der Waals surface area contributed by atoms with Gasteiger partial charge in [0.25, 0.3) is 11.5 Å². The van der Waals surface area contributed by atoms with Crippen LogP contribution < -0.4 is 16.6 Å². The predicted molar refractivity (Wildman–Crippen MR) is 104 cm³/mol. The van der Waals surface area contributed by atoms with Crippen LogP contribution in [-0.4, -0.2) is 28.2 Å². The van der Waals surface area contributed by atoms with Gasteiger partial charge in [0.15, 0.2) is 0 Å². The summed E-state index contributed by atoms with van der Waals surface area (Å²) in [5.74, 6) is -1.81. The molecule has 1 rings (SSSR count). The van der Waals surface area contributed by atoms with Gasteiger partial charge in [-0.25, -0.2) is 0 Å². The van der Waals surface area contributed by atoms with Gasteiger partial charge < -0.3 is 26.2 Å². The Morgan fingerprint density at radius 2 is 1.80 bits per heavy atom. The number of aromatic hydroxyl groups is 1. The zero-order valence-corrected chi connectivity index (χ0v) is 16.3. The van der Waals surface area contributed by atoms with E-state index < -0.39 is 17.4 Å². The van der Waals surface area contributed by atoms with Gasteiger partial charge >= 0.3 is 0 Å². The van der Waals surface area contributed by atoms with Gasteiger partial charge in [0.05, 0.1) is 16.9 Å². The molecule has 1 heterocycles. The summed E-state index contributed by atoms with van der Waals surface area (Å²) in [7, 11) is 1.50. The molecule has 1 aromatic rings. The molecule has 0 aliphatic heterocycles. The summed E-state index contributed by atoms with van der Waals surface area (Å²) in [5.41, 5.74) is 4.00. The van der Waals surface area contributed by atoms with Gasteiger partial charge in [0.1, 0.15) is 5.75 Å². The minimum absolute atomic E-state index is 0.00750. The smallest absolute Gasteiger partial charge is 0.255 e. The normalized spacial score (nSPS) is 10.9. The molecular formula is C18H33N3O4. The average Bonchev–Trinajstić information content (AvgIpc) is 2.60. The van der Waals surface area contributed by atoms with Crippen molar-refractivity contribution in [2.24, 2.45) is 5.73 Å². The number of H-pyrrole nitrogens is 1. The van der Waals surface area contributed by atoms with Gasteiger partial charge in [-0.15, -0.1) is 0 Å². The summed E-state index contributed by atoms with van der Waals surface area (Å²) in [6, 6.07) is 1.31. The number of allylic oxidation sites excluding steroid dienone is 1. The van der Waals surface area contributed by atoms with E-state index in [9.17, 15) is 19.8 Å². The van der Waals surface area contributed by atoms with Crippen molar-refractivity contribution in [1.29, 1.82) is 0 Å². The molecule has 0 saturated carbocycles. The molecule has 1 amide bonds. The summed E-state index contributed by atoms with van der Waals surface area (Å²) in [6.07, 6.45) is 2.47. The molecule has 0 aliphatic carbocycles. The Balaban J connectivity index is -0.000000725. The Morgan fingerprint density at radius 3 is 2.16 bits per heavy atom. The third kappa shape index (κ3) is 8.76.